The summed E-state index contributed by atoms with van der Waals surface area (Å²) in [5.41, 5.74) is 47.9. The zero-order valence-electron chi connectivity index (χ0n) is 86.2. The predicted octanol–water partition coefficient (Wildman–Crippen LogP) is 34.3. The Kier molecular flexibility index (Phi) is 26.3. The van der Waals surface area contributed by atoms with E-state index in [2.05, 4.69) is 624 Å². The Morgan fingerprint density at radius 2 is 0.336 bits per heavy atom. The van der Waals surface area contributed by atoms with E-state index >= 15 is 0 Å². The van der Waals surface area contributed by atoms with Crippen molar-refractivity contribution in [3.8, 4) is 44.5 Å². The second-order valence-electron chi connectivity index (χ2n) is 42.8. The molecule has 0 fully saturated rings. The molecule has 4 aliphatic rings. The first-order valence-corrected chi connectivity index (χ1v) is 51.4. The van der Waals surface area contributed by atoms with Crippen LogP contribution >= 0.6 is 0 Å². The number of rotatable bonds is 12. The fourth-order valence-corrected chi connectivity index (χ4v) is 21.9. The van der Waals surface area contributed by atoms with E-state index in [0.717, 1.165) is 28.4 Å². The SMILES string of the molecule is CC(C)(C)c1ccc(N2c3ccccc3B(c3c(-c4ccccc4)cccc3-c3ccccc3)c3ccccc32)cc1.CC(C)(C)c1ccc(N2c3ccccc3N(c3c(-c4ccccc4)cccc3-c3ccccc3)c3ccccc32)cc1.CC(C)(C)c1ccc(N2c3ccccc3N(c3ccccc3)c3ccccc32)cc1.Cc1cccc(C)c1B1c2ccccc2N(c2ccc(C(C)(C)C)cc2)c2ccccc21. The summed E-state index contributed by atoms with van der Waals surface area (Å²) in [6, 6.07) is 181. The van der Waals surface area contributed by atoms with Crippen molar-refractivity contribution in [1.29, 1.82) is 0 Å². The van der Waals surface area contributed by atoms with Crippen LogP contribution in [0.1, 0.15) is 116 Å². The minimum Gasteiger partial charge on any atom is -0.312 e. The maximum atomic E-state index is 2.47. The molecule has 0 bridgehead atoms. The molecule has 0 radical (unpaired) electrons. The molecule has 0 saturated carbocycles. The molecular weight excluding hydrogens is 1760 g/mol. The lowest BCUT2D eigenvalue weighted by atomic mass is 9.33. The Hall–Kier alpha value is -16.7. The molecule has 0 unspecified atom stereocenters. The zero-order chi connectivity index (χ0) is 101. The van der Waals surface area contributed by atoms with Crippen molar-refractivity contribution in [2.24, 2.45) is 0 Å². The van der Waals surface area contributed by atoms with Crippen LogP contribution in [0, 0.1) is 13.8 Å². The van der Waals surface area contributed by atoms with Gasteiger partial charge in [-0.2, -0.15) is 0 Å². The van der Waals surface area contributed by atoms with Gasteiger partial charge in [-0.25, -0.2) is 0 Å². The van der Waals surface area contributed by atoms with Gasteiger partial charge in [0, 0.05) is 62.3 Å². The van der Waals surface area contributed by atoms with Crippen LogP contribution in [0.25, 0.3) is 44.5 Å². The molecule has 0 N–H and O–H groups in total. The molecule has 4 heterocycles. The molecular formula is C138H124B2N6. The fraction of sp³-hybridized carbons (Fsp3) is 0.130. The summed E-state index contributed by atoms with van der Waals surface area (Å²) in [7, 11) is 0. The van der Waals surface area contributed by atoms with Crippen molar-refractivity contribution in [3.63, 3.8) is 0 Å². The first kappa shape index (κ1) is 95.5. The second kappa shape index (κ2) is 40.3. The highest BCUT2D eigenvalue weighted by Crippen LogP contribution is 2.59. The summed E-state index contributed by atoms with van der Waals surface area (Å²) in [5.74, 6) is 0. The number of hydrogen-bond acceptors (Lipinski definition) is 6. The van der Waals surface area contributed by atoms with E-state index in [9.17, 15) is 0 Å². The third-order valence-corrected chi connectivity index (χ3v) is 29.2. The van der Waals surface area contributed by atoms with Crippen LogP contribution in [0.3, 0.4) is 0 Å². The largest absolute Gasteiger partial charge is 0.312 e. The highest BCUT2D eigenvalue weighted by atomic mass is 15.3. The van der Waals surface area contributed by atoms with E-state index in [0.29, 0.717) is 0 Å². The van der Waals surface area contributed by atoms with Gasteiger partial charge in [-0.3, -0.25) is 0 Å². The Morgan fingerprint density at radius 1 is 0.151 bits per heavy atom. The quantitative estimate of drug-likeness (QED) is 0.113. The summed E-state index contributed by atoms with van der Waals surface area (Å²) in [5, 5.41) is 0. The first-order chi connectivity index (χ1) is 70.9. The van der Waals surface area contributed by atoms with Gasteiger partial charge in [0.2, 0.25) is 13.4 Å². The summed E-state index contributed by atoms with van der Waals surface area (Å²) in [6.45, 7) is 31.9. The van der Waals surface area contributed by atoms with Crippen LogP contribution in [-0.2, 0) is 21.7 Å². The molecule has 146 heavy (non-hydrogen) atoms. The normalized spacial score (nSPS) is 12.8. The van der Waals surface area contributed by atoms with Gasteiger partial charge >= 0.3 is 0 Å². The molecule has 4 aliphatic heterocycles. The van der Waals surface area contributed by atoms with E-state index < -0.39 is 0 Å². The Bertz CT molecular complexity index is 7440. The topological polar surface area (TPSA) is 19.4 Å². The standard InChI is InChI=1S/C40H34BN.C40H34N2.C30H30BN.C28H26N2/c1-40(2,3)31-25-27-32(28-26-31)42-37-23-12-10-21-35(37)41(36-22-11-13-24-38(36)42)39-33(29-15-6-4-7-16-29)19-14-20-34(39)30-17-8-5-9-18-30;1-40(2,3)31-25-27-32(28-26-31)41-35-21-10-12-23-37(35)42(38-24-13-11-22-36(38)41)39-33(29-15-6-4-7-16-29)19-14-20-34(39)30-17-8-5-9-18-30;1-21-11-10-12-22(2)29(21)31-25-13-6-8-15-27(25)32(28-16-9-7-14-26(28)31)24-19-17-23(18-20-24)30(3,4)5;1-28(2,3)21-17-19-23(20-18-21)30-26-15-9-7-13-24(26)29(22-11-5-4-6-12-22)25-14-8-10-16-27(25)30/h2*4-28H,1-3H3;6-20H,1-5H3;4-20H,1-3H3. The van der Waals surface area contributed by atoms with Crippen LogP contribution < -0.4 is 62.2 Å². The fourth-order valence-electron chi connectivity index (χ4n) is 21.9. The number of para-hydroxylation sites is 14. The van der Waals surface area contributed by atoms with Gasteiger partial charge in [0.05, 0.1) is 51.2 Å². The Labute approximate surface area is 865 Å². The van der Waals surface area contributed by atoms with Crippen LogP contribution in [0.4, 0.5) is 102 Å². The lowest BCUT2D eigenvalue weighted by Gasteiger charge is -2.41. The van der Waals surface area contributed by atoms with Gasteiger partial charge in [0.25, 0.3) is 0 Å². The monoisotopic (exact) mass is 1890 g/mol. The molecule has 0 spiro atoms. The molecule has 0 amide bonds. The van der Waals surface area contributed by atoms with Crippen LogP contribution in [0.5, 0.6) is 0 Å². The summed E-state index contributed by atoms with van der Waals surface area (Å²) >= 11 is 0. The summed E-state index contributed by atoms with van der Waals surface area (Å²) in [6.07, 6.45) is 0. The molecule has 0 aromatic heterocycles. The van der Waals surface area contributed by atoms with Gasteiger partial charge < -0.3 is 29.4 Å². The van der Waals surface area contributed by atoms with E-state index in [-0.39, 0.29) is 35.1 Å². The molecule has 20 aromatic rings. The smallest absolute Gasteiger partial charge is 0.248 e. The first-order valence-electron chi connectivity index (χ1n) is 51.4. The van der Waals surface area contributed by atoms with E-state index in [4.69, 9.17) is 0 Å². The number of aryl methyl sites for hydroxylation is 2. The zero-order valence-corrected chi connectivity index (χ0v) is 86.2. The molecule has 20 aromatic carbocycles. The molecule has 0 saturated heterocycles. The minimum absolute atomic E-state index is 0.0640. The maximum absolute atomic E-state index is 2.47. The van der Waals surface area contributed by atoms with Gasteiger partial charge in [0.15, 0.2) is 0 Å². The number of hydrogen-bond donors (Lipinski definition) is 0. The minimum atomic E-state index is 0.0640. The van der Waals surface area contributed by atoms with Crippen LogP contribution in [0.2, 0.25) is 0 Å². The van der Waals surface area contributed by atoms with Crippen molar-refractivity contribution in [2.75, 3.05) is 29.4 Å². The molecule has 0 atom stereocenters. The lowest BCUT2D eigenvalue weighted by molar-refractivity contribution is 0.590. The molecule has 712 valence electrons. The average Bonchev–Trinajstić information content (AvgIpc) is 0.689. The number of fused-ring (bicyclic) bond motifs is 8. The average molecular weight is 1890 g/mol. The number of anilines is 18. The van der Waals surface area contributed by atoms with Gasteiger partial charge in [-0.1, -0.05) is 469 Å². The van der Waals surface area contributed by atoms with Gasteiger partial charge in [-0.15, -0.1) is 0 Å². The predicted molar refractivity (Wildman–Crippen MR) is 629 cm³/mol. The highest BCUT2D eigenvalue weighted by Gasteiger charge is 2.42. The van der Waals surface area contributed by atoms with Crippen molar-refractivity contribution in [1.82, 2.24) is 0 Å². The molecule has 0 aliphatic carbocycles. The van der Waals surface area contributed by atoms with Crippen molar-refractivity contribution >= 4 is 149 Å². The van der Waals surface area contributed by atoms with E-state index in [1.165, 1.54) is 185 Å². The number of benzene rings is 20. The lowest BCUT2D eigenvalue weighted by Crippen LogP contribution is -2.58. The highest BCUT2D eigenvalue weighted by molar-refractivity contribution is 7.00. The summed E-state index contributed by atoms with van der Waals surface area (Å²) < 4.78 is 0. The van der Waals surface area contributed by atoms with Crippen molar-refractivity contribution < 1.29 is 0 Å². The third kappa shape index (κ3) is 18.7. The van der Waals surface area contributed by atoms with Crippen molar-refractivity contribution in [3.05, 3.63) is 531 Å². The molecule has 8 heteroatoms. The van der Waals surface area contributed by atoms with Crippen LogP contribution in [-0.4, -0.2) is 13.4 Å². The molecule has 24 rings (SSSR count). The van der Waals surface area contributed by atoms with E-state index in [1.54, 1.807) is 0 Å². The Balaban J connectivity index is 0.000000116. The third-order valence-electron chi connectivity index (χ3n) is 29.2. The Morgan fingerprint density at radius 3 is 0.589 bits per heavy atom. The number of nitrogens with zero attached hydrogens (tertiary/aromatic N) is 6. The second-order valence-corrected chi connectivity index (χ2v) is 42.8. The maximum Gasteiger partial charge on any atom is 0.248 e. The molecule has 6 nitrogen and oxygen atoms in total. The van der Waals surface area contributed by atoms with Crippen molar-refractivity contribution in [2.45, 2.75) is 119 Å². The van der Waals surface area contributed by atoms with Gasteiger partial charge in [-0.05, 0) is 246 Å². The van der Waals surface area contributed by atoms with Crippen LogP contribution in [0.15, 0.2) is 497 Å². The van der Waals surface area contributed by atoms with E-state index in [1.807, 2.05) is 0 Å². The summed E-state index contributed by atoms with van der Waals surface area (Å²) in [4.78, 5) is 14.5. The van der Waals surface area contributed by atoms with Gasteiger partial charge in [0.1, 0.15) is 0 Å².